The molecule has 0 fully saturated rings. The van der Waals surface area contributed by atoms with E-state index in [0.29, 0.717) is 17.6 Å². The summed E-state index contributed by atoms with van der Waals surface area (Å²) >= 11 is 0. The molecule has 12 aromatic carbocycles. The van der Waals surface area contributed by atoms with E-state index in [0.717, 1.165) is 77.5 Å². The van der Waals surface area contributed by atoms with Crippen LogP contribution in [0.15, 0.2) is 303 Å². The first kappa shape index (κ1) is 47.3. The van der Waals surface area contributed by atoms with Crippen molar-refractivity contribution in [1.29, 1.82) is 0 Å². The Morgan fingerprint density at radius 1 is 0.220 bits per heavy atom. The second-order valence-electron chi connectivity index (χ2n) is 21.1. The van der Waals surface area contributed by atoms with Gasteiger partial charge in [-0.25, -0.2) is 4.98 Å². The van der Waals surface area contributed by atoms with Crippen molar-refractivity contribution in [2.45, 2.75) is 0 Å². The van der Waals surface area contributed by atoms with Crippen LogP contribution >= 0.6 is 0 Å². The lowest BCUT2D eigenvalue weighted by Gasteiger charge is -2.34. The predicted octanol–water partition coefficient (Wildman–Crippen LogP) is 15.5. The van der Waals surface area contributed by atoms with Crippen molar-refractivity contribution in [3.8, 4) is 51.2 Å². The van der Waals surface area contributed by atoms with E-state index < -0.39 is 8.07 Å². The third kappa shape index (κ3) is 7.51. The number of hydrogen-bond acceptors (Lipinski definition) is 3. The maximum Gasteiger partial charge on any atom is 0.238 e. The summed E-state index contributed by atoms with van der Waals surface area (Å²) in [5.41, 5.74) is 12.7. The first-order valence-corrected chi connectivity index (χ1v) is 29.9. The third-order valence-electron chi connectivity index (χ3n) is 16.7. The van der Waals surface area contributed by atoms with Crippen molar-refractivity contribution in [2.24, 2.45) is 0 Å². The van der Waals surface area contributed by atoms with E-state index in [1.54, 1.807) is 0 Å². The number of hydrogen-bond donors (Lipinski definition) is 0. The predicted molar refractivity (Wildman–Crippen MR) is 343 cm³/mol. The van der Waals surface area contributed by atoms with E-state index in [1.807, 2.05) is 0 Å². The highest BCUT2D eigenvalue weighted by Gasteiger charge is 2.41. The van der Waals surface area contributed by atoms with Crippen LogP contribution in [0.2, 0.25) is 0 Å². The van der Waals surface area contributed by atoms with Crippen LogP contribution in [0.5, 0.6) is 0 Å². The Morgan fingerprint density at radius 2 is 0.598 bits per heavy atom. The summed E-state index contributed by atoms with van der Waals surface area (Å²) in [5, 5.41) is 12.2. The highest BCUT2D eigenvalue weighted by Crippen LogP contribution is 2.40. The van der Waals surface area contributed by atoms with Crippen LogP contribution < -0.4 is 20.7 Å². The minimum absolute atomic E-state index is 0.527. The Morgan fingerprint density at radius 3 is 1.12 bits per heavy atom. The Hall–Kier alpha value is -10.7. The lowest BCUT2D eigenvalue weighted by Crippen LogP contribution is -2.74. The summed E-state index contributed by atoms with van der Waals surface area (Å²) in [6.07, 6.45) is 0. The zero-order chi connectivity index (χ0) is 54.1. The van der Waals surface area contributed by atoms with Crippen molar-refractivity contribution in [2.75, 3.05) is 0 Å². The van der Waals surface area contributed by atoms with Crippen LogP contribution in [0.3, 0.4) is 0 Å². The van der Waals surface area contributed by atoms with E-state index in [2.05, 4.69) is 317 Å². The van der Waals surface area contributed by atoms with Gasteiger partial charge in [0.25, 0.3) is 0 Å². The van der Waals surface area contributed by atoms with E-state index in [9.17, 15) is 0 Å². The number of nitrogens with zero attached hydrogens (tertiary/aromatic N) is 6. The van der Waals surface area contributed by atoms with Crippen LogP contribution in [-0.4, -0.2) is 36.7 Å². The summed E-state index contributed by atoms with van der Waals surface area (Å²) < 4.78 is 7.06. The van der Waals surface area contributed by atoms with Gasteiger partial charge in [0.05, 0.1) is 33.1 Å². The largest absolute Gasteiger partial charge is 0.309 e. The molecule has 0 saturated heterocycles. The minimum atomic E-state index is -2.94. The molecule has 82 heavy (non-hydrogen) atoms. The molecule has 16 rings (SSSR count). The van der Waals surface area contributed by atoms with Crippen molar-refractivity contribution in [3.63, 3.8) is 0 Å². The molecule has 0 radical (unpaired) electrons. The molecule has 0 atom stereocenters. The average molecular weight is 1060 g/mol. The fraction of sp³-hybridized carbons (Fsp3) is 0. The molecule has 384 valence electrons. The second kappa shape index (κ2) is 19.3. The SMILES string of the molecule is c1ccc(-c2ccc(-c3nc(-c4cccc([Si](c5ccccc5)(c5ccccc5)c5ccccc5)c4)nc(-n4c5ccc(-n6c7ccccc7c7ccccc76)cc5c5ccc(-n6c7ccccc7c7ccccc76)cc54)n3)cc2)cc1. The van der Waals surface area contributed by atoms with Gasteiger partial charge in [-0.05, 0) is 86.5 Å². The Bertz CT molecular complexity index is 4880. The first-order valence-electron chi connectivity index (χ1n) is 27.9. The molecule has 4 heterocycles. The van der Waals surface area contributed by atoms with Crippen LogP contribution in [0, 0.1) is 0 Å². The van der Waals surface area contributed by atoms with E-state index in [1.165, 1.54) is 42.3 Å². The van der Waals surface area contributed by atoms with Gasteiger partial charge >= 0.3 is 0 Å². The zero-order valence-electron chi connectivity index (χ0n) is 44.6. The number of fused-ring (bicyclic) bond motifs is 9. The standard InChI is InChI=1S/C75H50N6Si/c1-5-22-51(23-6-1)52-40-42-53(43-41-52)73-76-74(54-24-21-31-60(48-54)82(57-25-7-2-8-26-57,58-27-9-3-10-28-58)59-29-11-4-12-30-59)78-75(77-73)81-71-47-45-55(79-67-36-17-13-32-61(67)62-33-14-18-37-68(62)79)49-66(71)65-46-44-56(50-72(65)81)80-69-38-19-15-34-63(69)64-35-16-20-39-70(64)80/h1-50H. The summed E-state index contributed by atoms with van der Waals surface area (Å²) in [7, 11) is -2.94. The van der Waals surface area contributed by atoms with Crippen molar-refractivity contribution < 1.29 is 0 Å². The summed E-state index contributed by atoms with van der Waals surface area (Å²) in [5.74, 6) is 1.69. The molecular formula is C75H50N6Si. The van der Waals surface area contributed by atoms with Gasteiger partial charge < -0.3 is 9.13 Å². The summed E-state index contributed by atoms with van der Waals surface area (Å²) in [6.45, 7) is 0. The normalized spacial score (nSPS) is 11.9. The number of rotatable bonds is 10. The molecular weight excluding hydrogens is 1010 g/mol. The molecule has 0 bridgehead atoms. The molecule has 4 aromatic heterocycles. The van der Waals surface area contributed by atoms with Gasteiger partial charge in [-0.3, -0.25) is 4.57 Å². The summed E-state index contributed by atoms with van der Waals surface area (Å²) in [6, 6.07) is 110. The van der Waals surface area contributed by atoms with Gasteiger partial charge in [0, 0.05) is 54.8 Å². The molecule has 0 saturated carbocycles. The maximum atomic E-state index is 5.67. The van der Waals surface area contributed by atoms with Gasteiger partial charge in [-0.1, -0.05) is 249 Å². The van der Waals surface area contributed by atoms with E-state index >= 15 is 0 Å². The first-order chi connectivity index (χ1) is 40.7. The lowest BCUT2D eigenvalue weighted by molar-refractivity contribution is 0.953. The Balaban J connectivity index is 0.971. The molecule has 6 nitrogen and oxygen atoms in total. The molecule has 0 unspecified atom stereocenters. The number of para-hydroxylation sites is 4. The molecule has 16 aromatic rings. The summed E-state index contributed by atoms with van der Waals surface area (Å²) in [4.78, 5) is 16.7. The average Bonchev–Trinajstić information content (AvgIpc) is 4.40. The Labute approximate surface area is 474 Å². The number of aromatic nitrogens is 6. The van der Waals surface area contributed by atoms with Crippen LogP contribution in [0.4, 0.5) is 0 Å². The molecule has 0 aliphatic heterocycles. The van der Waals surface area contributed by atoms with E-state index in [4.69, 9.17) is 15.0 Å². The molecule has 0 aliphatic carbocycles. The smallest absolute Gasteiger partial charge is 0.238 e. The van der Waals surface area contributed by atoms with Gasteiger partial charge in [-0.2, -0.15) is 9.97 Å². The monoisotopic (exact) mass is 1060 g/mol. The topological polar surface area (TPSA) is 53.5 Å². The molecule has 0 spiro atoms. The highest BCUT2D eigenvalue weighted by atomic mass is 28.3. The van der Waals surface area contributed by atoms with Crippen molar-refractivity contribution in [3.05, 3.63) is 303 Å². The lowest BCUT2D eigenvalue weighted by atomic mass is 10.0. The minimum Gasteiger partial charge on any atom is -0.309 e. The van der Waals surface area contributed by atoms with Gasteiger partial charge in [0.2, 0.25) is 5.95 Å². The van der Waals surface area contributed by atoms with Crippen molar-refractivity contribution in [1.82, 2.24) is 28.7 Å². The second-order valence-corrected chi connectivity index (χ2v) is 24.9. The third-order valence-corrected chi connectivity index (χ3v) is 21.4. The fourth-order valence-electron chi connectivity index (χ4n) is 13.0. The van der Waals surface area contributed by atoms with Crippen LogP contribution in [0.1, 0.15) is 0 Å². The van der Waals surface area contributed by atoms with Gasteiger partial charge in [0.1, 0.15) is 0 Å². The number of benzene rings is 12. The zero-order valence-corrected chi connectivity index (χ0v) is 45.6. The van der Waals surface area contributed by atoms with Gasteiger partial charge in [-0.15, -0.1) is 0 Å². The van der Waals surface area contributed by atoms with Crippen molar-refractivity contribution >= 4 is 94.2 Å². The van der Waals surface area contributed by atoms with Gasteiger partial charge in [0.15, 0.2) is 19.7 Å². The quantitative estimate of drug-likeness (QED) is 0.101. The molecule has 0 amide bonds. The molecule has 7 heteroatoms. The molecule has 0 N–H and O–H groups in total. The fourth-order valence-corrected chi connectivity index (χ4v) is 17.8. The highest BCUT2D eigenvalue weighted by molar-refractivity contribution is 7.19. The van der Waals surface area contributed by atoms with Crippen LogP contribution in [-0.2, 0) is 0 Å². The van der Waals surface area contributed by atoms with Crippen LogP contribution in [0.25, 0.3) is 117 Å². The maximum absolute atomic E-state index is 5.67. The van der Waals surface area contributed by atoms with E-state index in [-0.39, 0.29) is 0 Å². The molecule has 0 aliphatic rings. The Kier molecular flexibility index (Phi) is 11.1.